The van der Waals surface area contributed by atoms with E-state index in [9.17, 15) is 9.18 Å². The van der Waals surface area contributed by atoms with Crippen molar-refractivity contribution in [3.05, 3.63) is 107 Å². The number of anilines is 1. The minimum Gasteiger partial charge on any atom is -0.380 e. The summed E-state index contributed by atoms with van der Waals surface area (Å²) in [4.78, 5) is 20.5. The first-order chi connectivity index (χ1) is 14.7. The van der Waals surface area contributed by atoms with Gasteiger partial charge in [0.2, 0.25) is 0 Å². The summed E-state index contributed by atoms with van der Waals surface area (Å²) in [7, 11) is 0. The van der Waals surface area contributed by atoms with E-state index < -0.39 is 0 Å². The van der Waals surface area contributed by atoms with Gasteiger partial charge in [0.1, 0.15) is 11.5 Å². The zero-order valence-corrected chi connectivity index (χ0v) is 16.0. The Morgan fingerprint density at radius 2 is 1.57 bits per heavy atom. The number of nitrogens with zero attached hydrogens (tertiary/aromatic N) is 1. The molecule has 4 nitrogen and oxygen atoms in total. The summed E-state index contributed by atoms with van der Waals surface area (Å²) in [5.41, 5.74) is 4.01. The van der Waals surface area contributed by atoms with Crippen molar-refractivity contribution in [3.8, 4) is 11.3 Å². The van der Waals surface area contributed by atoms with Gasteiger partial charge in [-0.05, 0) is 46.7 Å². The van der Waals surface area contributed by atoms with Gasteiger partial charge in [0.15, 0.2) is 0 Å². The lowest BCUT2D eigenvalue weighted by Gasteiger charge is -2.12. The van der Waals surface area contributed by atoms with Crippen molar-refractivity contribution in [1.82, 2.24) is 9.97 Å². The molecule has 1 aromatic heterocycles. The fourth-order valence-corrected chi connectivity index (χ4v) is 3.60. The van der Waals surface area contributed by atoms with E-state index in [0.29, 0.717) is 17.8 Å². The number of H-pyrrole nitrogens is 1. The summed E-state index contributed by atoms with van der Waals surface area (Å²) in [6, 6.07) is 25.8. The Morgan fingerprint density at radius 3 is 2.37 bits per heavy atom. The molecule has 0 amide bonds. The molecule has 0 saturated heterocycles. The molecular formula is C25H18FN3O. The van der Waals surface area contributed by atoms with Gasteiger partial charge in [0.05, 0.1) is 11.0 Å². The Labute approximate surface area is 172 Å². The largest absolute Gasteiger partial charge is 0.380 e. The molecule has 5 heteroatoms. The molecule has 1 heterocycles. The molecule has 5 rings (SSSR count). The molecule has 0 fully saturated rings. The smallest absolute Gasteiger partial charge is 0.275 e. The van der Waals surface area contributed by atoms with E-state index in [1.54, 1.807) is 12.1 Å². The fraction of sp³-hybridized carbons (Fsp3) is 0.0400. The summed E-state index contributed by atoms with van der Waals surface area (Å²) >= 11 is 0. The summed E-state index contributed by atoms with van der Waals surface area (Å²) in [5, 5.41) is 5.46. The van der Waals surface area contributed by atoms with Crippen LogP contribution in [0, 0.1) is 5.82 Å². The average Bonchev–Trinajstić information content (AvgIpc) is 2.77. The second kappa shape index (κ2) is 7.44. The van der Waals surface area contributed by atoms with Gasteiger partial charge in [-0.25, -0.2) is 9.37 Å². The number of hydrogen-bond acceptors (Lipinski definition) is 3. The van der Waals surface area contributed by atoms with Gasteiger partial charge in [-0.1, -0.05) is 54.6 Å². The molecule has 146 valence electrons. The van der Waals surface area contributed by atoms with Crippen molar-refractivity contribution in [2.24, 2.45) is 0 Å². The highest BCUT2D eigenvalue weighted by molar-refractivity contribution is 5.95. The molecule has 30 heavy (non-hydrogen) atoms. The predicted molar refractivity (Wildman–Crippen MR) is 119 cm³/mol. The van der Waals surface area contributed by atoms with Crippen molar-refractivity contribution in [2.45, 2.75) is 6.54 Å². The van der Waals surface area contributed by atoms with Crippen LogP contribution in [0.5, 0.6) is 0 Å². The molecule has 2 N–H and O–H groups in total. The van der Waals surface area contributed by atoms with Crippen molar-refractivity contribution in [2.75, 3.05) is 5.32 Å². The number of aromatic amines is 1. The maximum absolute atomic E-state index is 13.1. The summed E-state index contributed by atoms with van der Waals surface area (Å²) in [6.07, 6.45) is 0. The molecule has 5 aromatic rings. The van der Waals surface area contributed by atoms with Crippen LogP contribution in [-0.2, 0) is 6.54 Å². The fourth-order valence-electron chi connectivity index (χ4n) is 3.60. The monoisotopic (exact) mass is 395 g/mol. The van der Waals surface area contributed by atoms with Crippen LogP contribution in [0.2, 0.25) is 0 Å². The molecule has 0 aliphatic carbocycles. The highest BCUT2D eigenvalue weighted by atomic mass is 19.1. The highest BCUT2D eigenvalue weighted by Crippen LogP contribution is 2.27. The second-order valence-corrected chi connectivity index (χ2v) is 7.16. The van der Waals surface area contributed by atoms with Gasteiger partial charge in [0, 0.05) is 17.8 Å². The average molecular weight is 395 g/mol. The first-order valence-corrected chi connectivity index (χ1v) is 9.68. The van der Waals surface area contributed by atoms with Crippen LogP contribution < -0.4 is 10.9 Å². The van der Waals surface area contributed by atoms with Crippen LogP contribution in [0.15, 0.2) is 89.7 Å². The molecule has 4 aromatic carbocycles. The van der Waals surface area contributed by atoms with Crippen LogP contribution in [0.1, 0.15) is 5.56 Å². The molecule has 0 radical (unpaired) electrons. The standard InChI is InChI=1S/C25H18FN3O/c26-19-11-9-16(10-12-19)15-27-21-8-4-3-7-20(21)24-25(30)29-23-14-18-6-2-1-5-17(18)13-22(23)28-24/h1-14,27H,15H2,(H,29,30). The number of halogens is 1. The third kappa shape index (κ3) is 3.42. The third-order valence-electron chi connectivity index (χ3n) is 5.14. The molecule has 0 aliphatic heterocycles. The lowest BCUT2D eigenvalue weighted by atomic mass is 10.1. The van der Waals surface area contributed by atoms with E-state index in [4.69, 9.17) is 0 Å². The molecule has 0 aliphatic rings. The number of rotatable bonds is 4. The summed E-state index contributed by atoms with van der Waals surface area (Å²) in [6.45, 7) is 0.507. The van der Waals surface area contributed by atoms with Crippen LogP contribution in [0.4, 0.5) is 10.1 Å². The van der Waals surface area contributed by atoms with Crippen LogP contribution >= 0.6 is 0 Å². The van der Waals surface area contributed by atoms with E-state index in [2.05, 4.69) is 15.3 Å². The van der Waals surface area contributed by atoms with Crippen LogP contribution in [0.3, 0.4) is 0 Å². The number of fused-ring (bicyclic) bond motifs is 2. The van der Waals surface area contributed by atoms with E-state index >= 15 is 0 Å². The van der Waals surface area contributed by atoms with Crippen molar-refractivity contribution in [1.29, 1.82) is 0 Å². The first-order valence-electron chi connectivity index (χ1n) is 9.68. The second-order valence-electron chi connectivity index (χ2n) is 7.16. The molecule has 0 unspecified atom stereocenters. The van der Waals surface area contributed by atoms with E-state index in [0.717, 1.165) is 33.1 Å². The van der Waals surface area contributed by atoms with Crippen LogP contribution in [0.25, 0.3) is 33.1 Å². The van der Waals surface area contributed by atoms with Gasteiger partial charge < -0.3 is 10.3 Å². The van der Waals surface area contributed by atoms with Gasteiger partial charge in [-0.15, -0.1) is 0 Å². The Morgan fingerprint density at radius 1 is 0.867 bits per heavy atom. The van der Waals surface area contributed by atoms with E-state index in [-0.39, 0.29) is 11.4 Å². The SMILES string of the molecule is O=c1[nH]c2cc3ccccc3cc2nc1-c1ccccc1NCc1ccc(F)cc1. The lowest BCUT2D eigenvalue weighted by Crippen LogP contribution is -2.13. The predicted octanol–water partition coefficient (Wildman–Crippen LogP) is 5.49. The molecule has 0 spiro atoms. The van der Waals surface area contributed by atoms with E-state index in [1.165, 1.54) is 12.1 Å². The Kier molecular flexibility index (Phi) is 4.48. The number of para-hydroxylation sites is 1. The number of nitrogens with one attached hydrogen (secondary N) is 2. The number of benzene rings is 4. The third-order valence-corrected chi connectivity index (χ3v) is 5.14. The van der Waals surface area contributed by atoms with E-state index in [1.807, 2.05) is 60.7 Å². The van der Waals surface area contributed by atoms with Gasteiger partial charge >= 0.3 is 0 Å². The first kappa shape index (κ1) is 18.1. The normalized spacial score (nSPS) is 11.1. The molecule has 0 atom stereocenters. The zero-order chi connectivity index (χ0) is 20.5. The molecular weight excluding hydrogens is 377 g/mol. The Bertz CT molecular complexity index is 1420. The highest BCUT2D eigenvalue weighted by Gasteiger charge is 2.12. The lowest BCUT2D eigenvalue weighted by molar-refractivity contribution is 0.627. The topological polar surface area (TPSA) is 57.8 Å². The van der Waals surface area contributed by atoms with Crippen molar-refractivity contribution < 1.29 is 4.39 Å². The minimum absolute atomic E-state index is 0.242. The number of aromatic nitrogens is 2. The van der Waals surface area contributed by atoms with Gasteiger partial charge in [-0.2, -0.15) is 0 Å². The quantitative estimate of drug-likeness (QED) is 0.395. The summed E-state index contributed by atoms with van der Waals surface area (Å²) in [5.74, 6) is -0.265. The Hall–Kier alpha value is -3.99. The molecule has 0 saturated carbocycles. The van der Waals surface area contributed by atoms with Gasteiger partial charge in [0.25, 0.3) is 5.56 Å². The van der Waals surface area contributed by atoms with Crippen LogP contribution in [-0.4, -0.2) is 9.97 Å². The number of hydrogen-bond donors (Lipinski definition) is 2. The van der Waals surface area contributed by atoms with Gasteiger partial charge in [-0.3, -0.25) is 4.79 Å². The maximum atomic E-state index is 13.1. The maximum Gasteiger partial charge on any atom is 0.275 e. The van der Waals surface area contributed by atoms with Crippen molar-refractivity contribution >= 4 is 27.5 Å². The zero-order valence-electron chi connectivity index (χ0n) is 16.0. The minimum atomic E-state index is -0.265. The Balaban J connectivity index is 1.56. The van der Waals surface area contributed by atoms with Crippen molar-refractivity contribution in [3.63, 3.8) is 0 Å². The molecule has 0 bridgehead atoms. The summed E-state index contributed by atoms with van der Waals surface area (Å²) < 4.78 is 13.1.